The molecule has 8 amide bonds. The summed E-state index contributed by atoms with van der Waals surface area (Å²) in [6.45, 7) is 5.76. The van der Waals surface area contributed by atoms with Gasteiger partial charge in [0.25, 0.3) is 0 Å². The number of aromatic hydroxyl groups is 1. The fourth-order valence-corrected chi connectivity index (χ4v) is 18.9. The Labute approximate surface area is 687 Å². The molecule has 31 nitrogen and oxygen atoms in total. The monoisotopic (exact) mass is 1660 g/mol. The first kappa shape index (κ1) is 86.1. The molecule has 21 N–H and O–H groups in total. The third kappa shape index (κ3) is 18.5. The van der Waals surface area contributed by atoms with Crippen LogP contribution in [-0.2, 0) is 55.4 Å². The Hall–Kier alpha value is -8.80. The Morgan fingerprint density at radius 2 is 1.22 bits per heavy atom. The fourth-order valence-electron chi connectivity index (χ4n) is 18.4. The third-order valence-electron chi connectivity index (χ3n) is 24.3. The Morgan fingerprint density at radius 3 is 1.81 bits per heavy atom. The van der Waals surface area contributed by atoms with Crippen molar-refractivity contribution in [2.75, 3.05) is 20.1 Å². The number of carbonyl (C=O) groups is 8. The van der Waals surface area contributed by atoms with Crippen LogP contribution >= 0.6 is 23.2 Å². The number of halogens is 2. The van der Waals surface area contributed by atoms with Crippen LogP contribution in [0.15, 0.2) is 72.8 Å². The van der Waals surface area contributed by atoms with Crippen molar-refractivity contribution in [1.29, 1.82) is 0 Å². The Morgan fingerprint density at radius 1 is 0.641 bits per heavy atom. The van der Waals surface area contributed by atoms with E-state index in [1.54, 1.807) is 0 Å². The lowest BCUT2D eigenvalue weighted by atomic mass is 9.54. The highest BCUT2D eigenvalue weighted by molar-refractivity contribution is 6.32. The number of nitrogens with one attached hydrogen (secondary N) is 9. The molecule has 15 bridgehead atoms. The normalized spacial score (nSPS) is 28.5. The summed E-state index contributed by atoms with van der Waals surface area (Å²) in [4.78, 5) is 122. The summed E-state index contributed by atoms with van der Waals surface area (Å²) < 4.78 is 25.7. The van der Waals surface area contributed by atoms with Gasteiger partial charge in [-0.2, -0.15) is 0 Å². The fraction of sp³-hybridized carbons (Fsp3) is 0.548. The first-order valence-electron chi connectivity index (χ1n) is 40.8. The maximum Gasteiger partial charge on any atom is 0.248 e. The zero-order valence-electron chi connectivity index (χ0n) is 65.7. The van der Waals surface area contributed by atoms with Crippen LogP contribution in [0, 0.1) is 29.6 Å². The van der Waals surface area contributed by atoms with Crippen molar-refractivity contribution < 1.29 is 98.2 Å². The van der Waals surface area contributed by atoms with Crippen LogP contribution in [0.5, 0.6) is 34.5 Å². The number of aliphatic hydroxyl groups excluding tert-OH is 5. The summed E-state index contributed by atoms with van der Waals surface area (Å²) in [5, 5.41) is 122. The second kappa shape index (κ2) is 36.8. The minimum absolute atomic E-state index is 0.0129. The standard InChI is InChI=1S/C84H107Cl2N11O20/c1-5-6-7-8-9-10-11-12-13-14-15-22-90-37-49-55(98)34-48-62-47-29-41(16-19-50(47)84(112,113)63(49)62)65-78(107)97-69(82(111)95-67(48)80(109)92-64-44-25-39-24-40(27-44)28-45(64)26-39)71(101)43-18-21-57(52(86)31-43)115-59-33-46-32-58(75(59)117-83-74(104)73(103)72(102)60(36-87)116-83)114-56-20-17-42(30-51(56)85)70(100)68(96-76(105)53(89-4)23-38(2)3)81(110)91-54(35-61(88)99)77(106)93-66(46)79(108)94-65/h16-21,29-34,38-40,44-45,53-54,60,64-74,83,89-90,98,100-104,112-113H,5-15,22-28,35-37,87H2,1-4H3,(H2,88,99)(H,91,110)(H,92,109)(H,93,106)(H,94,108)(H,95,111)(H,96,105)(H,97,107)/t39?,40?,44?,45?,53?,54?,60?,64?,65?,66?,67-,68?,69?,70?,71?,72?,73?,74?,83?/m0/s1. The molecule has 5 aliphatic carbocycles. The number of amides is 8. The second-order valence-electron chi connectivity index (χ2n) is 33.1. The zero-order valence-corrected chi connectivity index (χ0v) is 67.2. The van der Waals surface area contributed by atoms with E-state index in [0.29, 0.717) is 18.4 Å². The molecule has 16 rings (SSSR count). The minimum atomic E-state index is -3.00. The number of unbranched alkanes of at least 4 members (excludes halogenated alkanes) is 10. The van der Waals surface area contributed by atoms with Gasteiger partial charge in [0, 0.05) is 35.8 Å². The highest BCUT2D eigenvalue weighted by atomic mass is 35.5. The van der Waals surface area contributed by atoms with Gasteiger partial charge in [-0.25, -0.2) is 0 Å². The van der Waals surface area contributed by atoms with Crippen LogP contribution in [-0.4, -0.2) is 169 Å². The van der Waals surface area contributed by atoms with E-state index in [-0.39, 0.29) is 108 Å². The predicted molar refractivity (Wildman–Crippen MR) is 426 cm³/mol. The number of ether oxygens (including phenoxy) is 4. The molecule has 0 radical (unpaired) electrons. The van der Waals surface area contributed by atoms with Gasteiger partial charge in [0.05, 0.1) is 22.5 Å². The van der Waals surface area contributed by atoms with E-state index in [4.69, 9.17) is 53.6 Å². The van der Waals surface area contributed by atoms with E-state index in [9.17, 15) is 50.4 Å². The van der Waals surface area contributed by atoms with Crippen molar-refractivity contribution in [1.82, 2.24) is 47.9 Å². The van der Waals surface area contributed by atoms with Gasteiger partial charge in [0.2, 0.25) is 65.1 Å². The van der Waals surface area contributed by atoms with Gasteiger partial charge in [-0.15, -0.1) is 0 Å². The molecule has 1 saturated heterocycles. The molecule has 0 spiro atoms. The lowest BCUT2D eigenvalue weighted by Gasteiger charge is -2.54. The molecule has 117 heavy (non-hydrogen) atoms. The molecule has 33 heteroatoms. The summed E-state index contributed by atoms with van der Waals surface area (Å²) in [7, 11) is 1.50. The van der Waals surface area contributed by atoms with E-state index in [0.717, 1.165) is 76.3 Å². The van der Waals surface area contributed by atoms with Crippen molar-refractivity contribution in [2.45, 2.75) is 240 Å². The number of hydrogen-bond acceptors (Lipinski definition) is 23. The SMILES string of the molecule is CCCCCCCCCCCCCNCc1c(O)cc2c3c1C(O)(O)c1ccc(cc1-3)C1NC(=O)C3NC(=O)C(CC(N)=O)NC(=O)C(NC(=O)C(CC(C)C)NC)C(O)c4ccc(c(Cl)c4)Oc4cc3cc(c4OC3OC(CN)C(O)C(O)C3O)Oc3ccc(cc3Cl)C(O)C(NC1=O)C(=O)N[C@@H]2C(=O)NC1C2CC3CC(C2)CC1C3. The first-order chi connectivity index (χ1) is 55.9. The molecule has 13 unspecified atom stereocenters. The smallest absolute Gasteiger partial charge is 0.248 e. The average Bonchev–Trinajstić information content (AvgIpc) is 1.55. The number of phenols is 1. The number of primary amides is 1. The summed E-state index contributed by atoms with van der Waals surface area (Å²) in [6, 6.07) is 0.886. The molecule has 632 valence electrons. The van der Waals surface area contributed by atoms with Gasteiger partial charge < -0.3 is 119 Å². The quantitative estimate of drug-likeness (QED) is 0.0250. The number of fused-ring (bicyclic) bond motifs is 12. The molecule has 5 fully saturated rings. The lowest BCUT2D eigenvalue weighted by Crippen LogP contribution is -2.60. The molecular weight excluding hydrogens is 1550 g/mol. The number of likely N-dealkylation sites (N-methyl/N-ethyl adjacent to an activating group) is 1. The number of carbonyl (C=O) groups excluding carboxylic acids is 8. The van der Waals surface area contributed by atoms with E-state index in [1.807, 2.05) is 13.8 Å². The highest BCUT2D eigenvalue weighted by Gasteiger charge is 2.53. The van der Waals surface area contributed by atoms with Crippen molar-refractivity contribution in [3.05, 3.63) is 127 Å². The van der Waals surface area contributed by atoms with Crippen LogP contribution in [0.1, 0.15) is 211 Å². The van der Waals surface area contributed by atoms with E-state index < -0.39 is 180 Å². The second-order valence-corrected chi connectivity index (χ2v) is 33.9. The van der Waals surface area contributed by atoms with Gasteiger partial charge in [0.15, 0.2) is 11.5 Å². The Balaban J connectivity index is 0.973. The van der Waals surface area contributed by atoms with Gasteiger partial charge in [-0.05, 0) is 176 Å². The summed E-state index contributed by atoms with van der Waals surface area (Å²) in [5.41, 5.74) is 10.3. The van der Waals surface area contributed by atoms with Crippen LogP contribution < -0.4 is 73.5 Å². The number of benzene rings is 5. The van der Waals surface area contributed by atoms with Crippen molar-refractivity contribution >= 4 is 70.5 Å². The number of hydrogen-bond donors (Lipinski definition) is 19. The van der Waals surface area contributed by atoms with E-state index >= 15 is 28.8 Å². The van der Waals surface area contributed by atoms with E-state index in [1.165, 1.54) is 106 Å². The number of nitrogens with two attached hydrogens (primary N) is 2. The van der Waals surface area contributed by atoms with Crippen LogP contribution in [0.3, 0.4) is 0 Å². The van der Waals surface area contributed by atoms with Crippen molar-refractivity contribution in [3.63, 3.8) is 0 Å². The maximum absolute atomic E-state index is 16.4. The molecule has 0 aromatic heterocycles. The Bertz CT molecular complexity index is 4540. The molecule has 6 heterocycles. The van der Waals surface area contributed by atoms with Crippen molar-refractivity contribution in [3.8, 4) is 45.6 Å². The number of rotatable bonds is 26. The van der Waals surface area contributed by atoms with Gasteiger partial charge in [-0.1, -0.05) is 132 Å². The largest absolute Gasteiger partial charge is 0.508 e. The lowest BCUT2D eigenvalue weighted by molar-refractivity contribution is -0.270. The third-order valence-corrected chi connectivity index (χ3v) is 24.9. The maximum atomic E-state index is 16.4. The topological polar surface area (TPSA) is 496 Å². The zero-order chi connectivity index (χ0) is 83.6. The molecule has 5 aromatic rings. The van der Waals surface area contributed by atoms with Gasteiger partial charge in [0.1, 0.15) is 90.1 Å². The molecule has 14 atom stereocenters. The molecule has 6 aliphatic heterocycles. The Kier molecular flexibility index (Phi) is 27.1. The number of aliphatic hydroxyl groups is 7. The summed E-state index contributed by atoms with van der Waals surface area (Å²) in [6.07, 6.45) is 2.45. The average molecular weight is 1660 g/mol. The molecule has 5 aromatic carbocycles. The first-order valence-corrected chi connectivity index (χ1v) is 41.5. The van der Waals surface area contributed by atoms with Gasteiger partial charge in [-0.3, -0.25) is 38.4 Å². The van der Waals surface area contributed by atoms with Crippen LogP contribution in [0.4, 0.5) is 0 Å². The minimum Gasteiger partial charge on any atom is -0.508 e. The summed E-state index contributed by atoms with van der Waals surface area (Å²) in [5.74, 6) is -13.9. The molecule has 4 saturated carbocycles. The summed E-state index contributed by atoms with van der Waals surface area (Å²) >= 11 is 14.3. The van der Waals surface area contributed by atoms with Crippen molar-refractivity contribution in [2.24, 2.45) is 41.1 Å². The van der Waals surface area contributed by atoms with E-state index in [2.05, 4.69) is 54.8 Å². The van der Waals surface area contributed by atoms with Gasteiger partial charge >= 0.3 is 0 Å². The van der Waals surface area contributed by atoms with Crippen LogP contribution in [0.25, 0.3) is 11.1 Å². The molecule has 11 aliphatic rings. The predicted octanol–water partition coefficient (Wildman–Crippen LogP) is 5.18. The highest BCUT2D eigenvalue weighted by Crippen LogP contribution is 2.57. The number of phenolic OH excluding ortho intramolecular Hbond substituents is 1. The van der Waals surface area contributed by atoms with Crippen LogP contribution in [0.2, 0.25) is 10.0 Å². The molecular formula is C84H107Cl2N11O20.